The van der Waals surface area contributed by atoms with Crippen molar-refractivity contribution in [3.63, 3.8) is 0 Å². The quantitative estimate of drug-likeness (QED) is 0.616. The topological polar surface area (TPSA) is 87.2 Å². The number of nitrogens with zero attached hydrogens (tertiary/aromatic N) is 3. The van der Waals surface area contributed by atoms with Crippen LogP contribution in [0.5, 0.6) is 0 Å². The summed E-state index contributed by atoms with van der Waals surface area (Å²) in [6.07, 6.45) is 12.2. The Hall–Kier alpha value is -3.58. The van der Waals surface area contributed by atoms with Crippen molar-refractivity contribution in [2.24, 2.45) is 0 Å². The Morgan fingerprint density at radius 2 is 1.56 bits per heavy atom. The number of benzene rings is 1. The maximum absolute atomic E-state index is 13.5. The standard InChI is InChI=1S/C27H31N5O2/c33-26(31-19-21-8-13-28-14-9-21)23-6-7-25-24(18-23)20-30-12-4-2-1-3-5-17-32(25)27(34)22-10-15-29-16-11-22/h6-11,13-16,18,30H,1-5,12,17,19-20H2,(H,31,33). The number of anilines is 1. The number of carbonyl (C=O) groups is 2. The molecule has 2 amide bonds. The zero-order valence-electron chi connectivity index (χ0n) is 19.4. The van der Waals surface area contributed by atoms with Gasteiger partial charge >= 0.3 is 0 Å². The molecule has 0 fully saturated rings. The first kappa shape index (κ1) is 23.6. The lowest BCUT2D eigenvalue weighted by molar-refractivity contribution is 0.0949. The van der Waals surface area contributed by atoms with Gasteiger partial charge in [-0.3, -0.25) is 19.6 Å². The van der Waals surface area contributed by atoms with Gasteiger partial charge in [0.2, 0.25) is 0 Å². The first-order valence-corrected chi connectivity index (χ1v) is 11.9. The molecule has 0 spiro atoms. The SMILES string of the molecule is O=C(NCc1ccncc1)c1ccc2c(c1)CNCCCCCCCN2C(=O)c1ccncc1. The second-order valence-electron chi connectivity index (χ2n) is 8.52. The molecule has 4 rings (SSSR count). The van der Waals surface area contributed by atoms with Crippen molar-refractivity contribution in [2.45, 2.75) is 45.2 Å². The molecule has 2 N–H and O–H groups in total. The van der Waals surface area contributed by atoms with Crippen LogP contribution in [0, 0.1) is 0 Å². The molecular weight excluding hydrogens is 426 g/mol. The van der Waals surface area contributed by atoms with Crippen LogP contribution in [0.3, 0.4) is 0 Å². The van der Waals surface area contributed by atoms with E-state index in [1.807, 2.05) is 29.2 Å². The van der Waals surface area contributed by atoms with Gasteiger partial charge in [-0.15, -0.1) is 0 Å². The van der Waals surface area contributed by atoms with Gasteiger partial charge in [-0.05, 0) is 73.0 Å². The minimum Gasteiger partial charge on any atom is -0.348 e. The minimum absolute atomic E-state index is 0.0457. The van der Waals surface area contributed by atoms with E-state index in [0.717, 1.165) is 42.6 Å². The number of fused-ring (bicyclic) bond motifs is 1. The van der Waals surface area contributed by atoms with E-state index in [1.165, 1.54) is 12.8 Å². The van der Waals surface area contributed by atoms with Gasteiger partial charge in [0.05, 0.1) is 0 Å². The molecule has 176 valence electrons. The number of carbonyl (C=O) groups excluding carboxylic acids is 2. The number of pyridine rings is 2. The monoisotopic (exact) mass is 457 g/mol. The summed E-state index contributed by atoms with van der Waals surface area (Å²) in [5.74, 6) is -0.187. The third-order valence-corrected chi connectivity index (χ3v) is 6.06. The number of amides is 2. The summed E-state index contributed by atoms with van der Waals surface area (Å²) in [7, 11) is 0. The van der Waals surface area contributed by atoms with E-state index in [1.54, 1.807) is 43.0 Å². The van der Waals surface area contributed by atoms with Crippen LogP contribution in [0.15, 0.2) is 67.3 Å². The molecule has 0 radical (unpaired) electrons. The van der Waals surface area contributed by atoms with Crippen molar-refractivity contribution >= 4 is 17.5 Å². The molecule has 7 nitrogen and oxygen atoms in total. The summed E-state index contributed by atoms with van der Waals surface area (Å²) in [6, 6.07) is 12.9. The highest BCUT2D eigenvalue weighted by atomic mass is 16.2. The molecule has 1 aliphatic heterocycles. The zero-order chi connectivity index (χ0) is 23.6. The fourth-order valence-electron chi connectivity index (χ4n) is 4.17. The smallest absolute Gasteiger partial charge is 0.258 e. The first-order chi connectivity index (χ1) is 16.7. The second kappa shape index (κ2) is 12.0. The maximum atomic E-state index is 13.5. The predicted octanol–water partition coefficient (Wildman–Crippen LogP) is 4.11. The molecule has 0 saturated heterocycles. The lowest BCUT2D eigenvalue weighted by Crippen LogP contribution is -2.34. The molecule has 0 atom stereocenters. The summed E-state index contributed by atoms with van der Waals surface area (Å²) in [5, 5.41) is 6.47. The Balaban J connectivity index is 1.60. The van der Waals surface area contributed by atoms with Gasteiger partial charge in [0.15, 0.2) is 0 Å². The van der Waals surface area contributed by atoms with Crippen LogP contribution >= 0.6 is 0 Å². The van der Waals surface area contributed by atoms with Crippen molar-refractivity contribution in [1.29, 1.82) is 0 Å². The van der Waals surface area contributed by atoms with Gasteiger partial charge in [0.1, 0.15) is 0 Å². The Kier molecular flexibility index (Phi) is 8.35. The maximum Gasteiger partial charge on any atom is 0.258 e. The van der Waals surface area contributed by atoms with Crippen molar-refractivity contribution in [1.82, 2.24) is 20.6 Å². The summed E-state index contributed by atoms with van der Waals surface area (Å²) in [4.78, 5) is 36.2. The van der Waals surface area contributed by atoms with E-state index in [0.29, 0.717) is 30.8 Å². The average Bonchev–Trinajstić information content (AvgIpc) is 2.88. The van der Waals surface area contributed by atoms with Crippen LogP contribution in [0.2, 0.25) is 0 Å². The second-order valence-corrected chi connectivity index (χ2v) is 8.52. The molecule has 3 heterocycles. The first-order valence-electron chi connectivity index (χ1n) is 11.9. The Labute approximate surface area is 200 Å². The number of hydrogen-bond donors (Lipinski definition) is 2. The van der Waals surface area contributed by atoms with Crippen molar-refractivity contribution in [3.05, 3.63) is 89.5 Å². The summed E-state index contributed by atoms with van der Waals surface area (Å²) in [5.41, 5.74) is 3.98. The fraction of sp³-hybridized carbons (Fsp3) is 0.333. The van der Waals surface area contributed by atoms with E-state index >= 15 is 0 Å². The summed E-state index contributed by atoms with van der Waals surface area (Å²) < 4.78 is 0. The van der Waals surface area contributed by atoms with E-state index in [2.05, 4.69) is 20.6 Å². The summed E-state index contributed by atoms with van der Waals surface area (Å²) in [6.45, 7) is 2.59. The Morgan fingerprint density at radius 1 is 0.853 bits per heavy atom. The molecule has 1 aromatic carbocycles. The highest BCUT2D eigenvalue weighted by Gasteiger charge is 2.21. The number of nitrogens with one attached hydrogen (secondary N) is 2. The molecule has 1 aliphatic rings. The fourth-order valence-corrected chi connectivity index (χ4v) is 4.17. The van der Waals surface area contributed by atoms with E-state index in [9.17, 15) is 9.59 Å². The van der Waals surface area contributed by atoms with Crippen molar-refractivity contribution in [3.8, 4) is 0 Å². The van der Waals surface area contributed by atoms with E-state index in [4.69, 9.17) is 0 Å². The minimum atomic E-state index is -0.141. The molecule has 34 heavy (non-hydrogen) atoms. The Morgan fingerprint density at radius 3 is 2.35 bits per heavy atom. The van der Waals surface area contributed by atoms with E-state index < -0.39 is 0 Å². The Bertz CT molecular complexity index is 1090. The molecule has 0 aliphatic carbocycles. The van der Waals surface area contributed by atoms with Crippen molar-refractivity contribution in [2.75, 3.05) is 18.0 Å². The third-order valence-electron chi connectivity index (χ3n) is 6.06. The molecular formula is C27H31N5O2. The van der Waals surface area contributed by atoms with Crippen LogP contribution in [0.25, 0.3) is 0 Å². The van der Waals surface area contributed by atoms with Crippen LogP contribution in [-0.2, 0) is 13.1 Å². The highest BCUT2D eigenvalue weighted by molar-refractivity contribution is 6.06. The molecule has 2 aromatic heterocycles. The third kappa shape index (κ3) is 6.26. The number of hydrogen-bond acceptors (Lipinski definition) is 5. The van der Waals surface area contributed by atoms with Crippen LogP contribution in [0.1, 0.15) is 63.9 Å². The van der Waals surface area contributed by atoms with Gasteiger partial charge in [0.25, 0.3) is 11.8 Å². The normalized spacial score (nSPS) is 14.9. The molecule has 0 bridgehead atoms. The van der Waals surface area contributed by atoms with Crippen LogP contribution in [0.4, 0.5) is 5.69 Å². The summed E-state index contributed by atoms with van der Waals surface area (Å²) >= 11 is 0. The average molecular weight is 458 g/mol. The lowest BCUT2D eigenvalue weighted by Gasteiger charge is -2.27. The van der Waals surface area contributed by atoms with E-state index in [-0.39, 0.29) is 11.8 Å². The molecule has 3 aromatic rings. The molecule has 0 unspecified atom stereocenters. The van der Waals surface area contributed by atoms with Gasteiger partial charge in [-0.25, -0.2) is 0 Å². The van der Waals surface area contributed by atoms with Crippen molar-refractivity contribution < 1.29 is 9.59 Å². The lowest BCUT2D eigenvalue weighted by atomic mass is 10.0. The molecule has 7 heteroatoms. The van der Waals surface area contributed by atoms with Gasteiger partial charge in [-0.2, -0.15) is 0 Å². The predicted molar refractivity (Wildman–Crippen MR) is 133 cm³/mol. The van der Waals surface area contributed by atoms with Crippen LogP contribution in [-0.4, -0.2) is 34.9 Å². The van der Waals surface area contributed by atoms with Gasteiger partial charge in [0, 0.05) is 61.2 Å². The van der Waals surface area contributed by atoms with Gasteiger partial charge < -0.3 is 15.5 Å². The van der Waals surface area contributed by atoms with Gasteiger partial charge in [-0.1, -0.05) is 19.3 Å². The van der Waals surface area contributed by atoms with Crippen LogP contribution < -0.4 is 15.5 Å². The highest BCUT2D eigenvalue weighted by Crippen LogP contribution is 2.26. The number of rotatable bonds is 4. The largest absolute Gasteiger partial charge is 0.348 e. The number of aromatic nitrogens is 2. The zero-order valence-corrected chi connectivity index (χ0v) is 19.4. The molecule has 0 saturated carbocycles.